The Kier molecular flexibility index (Phi) is 5.91. The van der Waals surface area contributed by atoms with Gasteiger partial charge in [0.15, 0.2) is 0 Å². The van der Waals surface area contributed by atoms with E-state index in [9.17, 15) is 0 Å². The molecule has 26 heavy (non-hydrogen) atoms. The molecule has 1 heterocycles. The van der Waals surface area contributed by atoms with E-state index >= 15 is 0 Å². The number of anilines is 3. The van der Waals surface area contributed by atoms with Gasteiger partial charge in [-0.3, -0.25) is 0 Å². The van der Waals surface area contributed by atoms with Crippen molar-refractivity contribution in [2.45, 2.75) is 32.2 Å². The van der Waals surface area contributed by atoms with Gasteiger partial charge in [0.2, 0.25) is 5.95 Å². The molecule has 4 N–H and O–H groups in total. The van der Waals surface area contributed by atoms with Gasteiger partial charge in [-0.05, 0) is 56.5 Å². The van der Waals surface area contributed by atoms with Crippen molar-refractivity contribution >= 4 is 51.6 Å². The minimum atomic E-state index is 0.157. The molecule has 0 aliphatic heterocycles. The molecule has 0 bridgehead atoms. The molecule has 1 aromatic heterocycles. The minimum Gasteiger partial charge on any atom is -0.397 e. The first-order chi connectivity index (χ1) is 12.5. The Morgan fingerprint density at radius 3 is 2.77 bits per heavy atom. The van der Waals surface area contributed by atoms with Crippen LogP contribution in [0.2, 0.25) is 10.0 Å². The van der Waals surface area contributed by atoms with Gasteiger partial charge in [0.25, 0.3) is 0 Å². The number of rotatable bonds is 7. The average molecular weight is 393 g/mol. The van der Waals surface area contributed by atoms with Crippen LogP contribution in [-0.4, -0.2) is 21.3 Å². The largest absolute Gasteiger partial charge is 0.397 e. The van der Waals surface area contributed by atoms with Crippen LogP contribution in [0, 0.1) is 0 Å². The van der Waals surface area contributed by atoms with E-state index in [1.54, 1.807) is 12.1 Å². The number of hydrogen-bond donors (Lipinski definition) is 3. The lowest BCUT2D eigenvalue weighted by Gasteiger charge is -2.19. The van der Waals surface area contributed by atoms with Crippen molar-refractivity contribution in [3.63, 3.8) is 0 Å². The second-order valence-electron chi connectivity index (χ2n) is 6.34. The summed E-state index contributed by atoms with van der Waals surface area (Å²) in [6.07, 6.45) is 2.60. The van der Waals surface area contributed by atoms with Gasteiger partial charge in [0, 0.05) is 17.7 Å². The van der Waals surface area contributed by atoms with E-state index in [-0.39, 0.29) is 12.6 Å². The Balaban J connectivity index is 2.03. The predicted octanol–water partition coefficient (Wildman–Crippen LogP) is 5.39. The first-order valence-corrected chi connectivity index (χ1v) is 9.36. The molecule has 138 valence electrons. The normalized spacial score (nSPS) is 12.5. The summed E-state index contributed by atoms with van der Waals surface area (Å²) in [5.41, 5.74) is 9.37. The summed E-state index contributed by atoms with van der Waals surface area (Å²) < 4.78 is 2.10. The molecule has 0 aliphatic carbocycles. The molecule has 3 rings (SSSR count). The molecule has 3 aromatic rings. The molecule has 0 spiro atoms. The number of nitrogens with one attached hydrogen (secondary N) is 1. The Hall–Kier alpha value is -1.95. The molecule has 0 amide bonds. The summed E-state index contributed by atoms with van der Waals surface area (Å²) in [4.78, 5) is 4.71. The Bertz CT molecular complexity index is 910. The van der Waals surface area contributed by atoms with Crippen LogP contribution in [0.3, 0.4) is 0 Å². The number of halogens is 2. The molecule has 2 aromatic carbocycles. The molecule has 0 saturated carbocycles. The van der Waals surface area contributed by atoms with Crippen LogP contribution < -0.4 is 11.1 Å². The standard InChI is InChI=1S/C19H22Cl2N4O/c1-12(5-2-3-10-26)25-18-15(22)6-4-7-17(18)24-19(25)23-16-9-8-13(20)11-14(16)21/h4,6-9,11-12,26H,2-3,5,10,22H2,1H3,(H,23,24). The summed E-state index contributed by atoms with van der Waals surface area (Å²) in [6, 6.07) is 11.2. The van der Waals surface area contributed by atoms with Crippen LogP contribution in [0.25, 0.3) is 11.0 Å². The molecule has 0 fully saturated rings. The van der Waals surface area contributed by atoms with E-state index in [1.807, 2.05) is 24.3 Å². The summed E-state index contributed by atoms with van der Waals surface area (Å²) in [6.45, 7) is 2.32. The van der Waals surface area contributed by atoms with Crippen LogP contribution in [-0.2, 0) is 0 Å². The number of fused-ring (bicyclic) bond motifs is 1. The van der Waals surface area contributed by atoms with E-state index in [0.29, 0.717) is 21.7 Å². The predicted molar refractivity (Wildman–Crippen MR) is 110 cm³/mol. The SMILES string of the molecule is CC(CCCCO)n1c(Nc2ccc(Cl)cc2Cl)nc2cccc(N)c21. The molecule has 0 aliphatic rings. The number of para-hydroxylation sites is 1. The fraction of sp³-hybridized carbons (Fsp3) is 0.316. The number of nitrogen functional groups attached to an aromatic ring is 1. The molecule has 1 atom stereocenters. The van der Waals surface area contributed by atoms with Crippen molar-refractivity contribution in [1.82, 2.24) is 9.55 Å². The highest BCUT2D eigenvalue weighted by molar-refractivity contribution is 6.36. The molecule has 7 heteroatoms. The van der Waals surface area contributed by atoms with Crippen LogP contribution in [0.1, 0.15) is 32.2 Å². The van der Waals surface area contributed by atoms with E-state index < -0.39 is 0 Å². The maximum atomic E-state index is 9.05. The van der Waals surface area contributed by atoms with Crippen LogP contribution in [0.4, 0.5) is 17.3 Å². The number of aromatic nitrogens is 2. The van der Waals surface area contributed by atoms with Crippen molar-refractivity contribution in [1.29, 1.82) is 0 Å². The zero-order valence-corrected chi connectivity index (χ0v) is 16.1. The van der Waals surface area contributed by atoms with Crippen LogP contribution in [0.5, 0.6) is 0 Å². The van der Waals surface area contributed by atoms with Gasteiger partial charge < -0.3 is 20.7 Å². The second kappa shape index (κ2) is 8.16. The summed E-state index contributed by atoms with van der Waals surface area (Å²) in [5, 5.41) is 13.5. The maximum Gasteiger partial charge on any atom is 0.208 e. The first-order valence-electron chi connectivity index (χ1n) is 8.60. The number of aliphatic hydroxyl groups is 1. The number of imidazole rings is 1. The highest BCUT2D eigenvalue weighted by atomic mass is 35.5. The highest BCUT2D eigenvalue weighted by Crippen LogP contribution is 2.34. The summed E-state index contributed by atoms with van der Waals surface area (Å²) in [7, 11) is 0. The zero-order valence-electron chi connectivity index (χ0n) is 14.5. The van der Waals surface area contributed by atoms with Crippen molar-refractivity contribution in [3.8, 4) is 0 Å². The van der Waals surface area contributed by atoms with E-state index in [1.165, 1.54) is 0 Å². The summed E-state index contributed by atoms with van der Waals surface area (Å²) >= 11 is 12.3. The molecular weight excluding hydrogens is 371 g/mol. The molecule has 0 radical (unpaired) electrons. The van der Waals surface area contributed by atoms with Crippen molar-refractivity contribution in [2.24, 2.45) is 0 Å². The number of unbranched alkanes of at least 4 members (excludes halogenated alkanes) is 1. The fourth-order valence-corrected chi connectivity index (χ4v) is 3.54. The van der Waals surface area contributed by atoms with Gasteiger partial charge in [-0.2, -0.15) is 0 Å². The molecular formula is C19H22Cl2N4O. The average Bonchev–Trinajstić information content (AvgIpc) is 2.97. The second-order valence-corrected chi connectivity index (χ2v) is 7.18. The monoisotopic (exact) mass is 392 g/mol. The zero-order chi connectivity index (χ0) is 18.7. The molecule has 0 saturated heterocycles. The van der Waals surface area contributed by atoms with E-state index in [0.717, 1.165) is 36.0 Å². The van der Waals surface area contributed by atoms with Crippen molar-refractivity contribution in [3.05, 3.63) is 46.4 Å². The number of nitrogens with zero attached hydrogens (tertiary/aromatic N) is 2. The number of nitrogens with two attached hydrogens (primary N) is 1. The quantitative estimate of drug-likeness (QED) is 0.371. The number of hydrogen-bond acceptors (Lipinski definition) is 4. The minimum absolute atomic E-state index is 0.157. The van der Waals surface area contributed by atoms with Gasteiger partial charge in [0.05, 0.1) is 27.4 Å². The van der Waals surface area contributed by atoms with Gasteiger partial charge in [-0.15, -0.1) is 0 Å². The lowest BCUT2D eigenvalue weighted by molar-refractivity contribution is 0.279. The maximum absolute atomic E-state index is 9.05. The van der Waals surface area contributed by atoms with Gasteiger partial charge >= 0.3 is 0 Å². The third kappa shape index (κ3) is 3.90. The van der Waals surface area contributed by atoms with Crippen LogP contribution in [0.15, 0.2) is 36.4 Å². The first kappa shape index (κ1) is 18.8. The lowest BCUT2D eigenvalue weighted by Crippen LogP contribution is -2.10. The smallest absolute Gasteiger partial charge is 0.208 e. The van der Waals surface area contributed by atoms with E-state index in [2.05, 4.69) is 16.8 Å². The molecule has 1 unspecified atom stereocenters. The Morgan fingerprint density at radius 2 is 2.04 bits per heavy atom. The number of benzene rings is 2. The fourth-order valence-electron chi connectivity index (χ4n) is 3.08. The van der Waals surface area contributed by atoms with Crippen molar-refractivity contribution in [2.75, 3.05) is 17.7 Å². The third-order valence-electron chi connectivity index (χ3n) is 4.39. The Morgan fingerprint density at radius 1 is 1.23 bits per heavy atom. The Labute approximate surface area is 162 Å². The van der Waals surface area contributed by atoms with Gasteiger partial charge in [0.1, 0.15) is 0 Å². The van der Waals surface area contributed by atoms with Gasteiger partial charge in [-0.25, -0.2) is 4.98 Å². The lowest BCUT2D eigenvalue weighted by atomic mass is 10.1. The van der Waals surface area contributed by atoms with Crippen molar-refractivity contribution < 1.29 is 5.11 Å². The van der Waals surface area contributed by atoms with E-state index in [4.69, 9.17) is 39.0 Å². The topological polar surface area (TPSA) is 76.1 Å². The molecule has 5 nitrogen and oxygen atoms in total. The van der Waals surface area contributed by atoms with Gasteiger partial charge in [-0.1, -0.05) is 29.3 Å². The number of aliphatic hydroxyl groups excluding tert-OH is 1. The van der Waals surface area contributed by atoms with Crippen LogP contribution >= 0.6 is 23.2 Å². The summed E-state index contributed by atoms with van der Waals surface area (Å²) in [5.74, 6) is 0.679. The highest BCUT2D eigenvalue weighted by Gasteiger charge is 2.18. The third-order valence-corrected chi connectivity index (χ3v) is 4.94.